The van der Waals surface area contributed by atoms with Gasteiger partial charge in [-0.2, -0.15) is 4.98 Å². The van der Waals surface area contributed by atoms with Crippen LogP contribution in [0.5, 0.6) is 0 Å². The van der Waals surface area contributed by atoms with Crippen molar-refractivity contribution < 1.29 is 4.79 Å². The van der Waals surface area contributed by atoms with Crippen LogP contribution in [0.1, 0.15) is 44.7 Å². The first-order chi connectivity index (χ1) is 14.6. The summed E-state index contributed by atoms with van der Waals surface area (Å²) in [6.45, 7) is 3.64. The van der Waals surface area contributed by atoms with Crippen molar-refractivity contribution in [3.63, 3.8) is 0 Å². The van der Waals surface area contributed by atoms with Crippen molar-refractivity contribution in [3.05, 3.63) is 51.2 Å². The van der Waals surface area contributed by atoms with Gasteiger partial charge in [0.05, 0.1) is 11.3 Å². The number of fused-ring (bicyclic) bond motifs is 6. The number of pyridine rings is 1. The summed E-state index contributed by atoms with van der Waals surface area (Å²) in [5.41, 5.74) is 8.72. The lowest BCUT2D eigenvalue weighted by Gasteiger charge is -2.31. The molecule has 0 atom stereocenters. The number of hydrogen-bond donors (Lipinski definition) is 2. The highest BCUT2D eigenvalue weighted by Gasteiger charge is 2.32. The second-order valence-corrected chi connectivity index (χ2v) is 8.53. The Balaban J connectivity index is 1.53. The number of nitrogens with one attached hydrogen (secondary N) is 2. The summed E-state index contributed by atoms with van der Waals surface area (Å²) in [4.78, 5) is 31.8. The molecule has 7 nitrogen and oxygen atoms in total. The lowest BCUT2D eigenvalue weighted by Crippen LogP contribution is -2.32. The van der Waals surface area contributed by atoms with Crippen molar-refractivity contribution in [1.29, 1.82) is 0 Å². The fourth-order valence-electron chi connectivity index (χ4n) is 5.16. The zero-order valence-electron chi connectivity index (χ0n) is 16.7. The normalized spacial score (nSPS) is 17.0. The quantitative estimate of drug-likeness (QED) is 0.590. The summed E-state index contributed by atoms with van der Waals surface area (Å²) in [6.07, 6.45) is 8.34. The molecular weight excluding hydrogens is 400 g/mol. The largest absolute Gasteiger partial charge is 0.357 e. The van der Waals surface area contributed by atoms with Gasteiger partial charge in [0, 0.05) is 54.3 Å². The molecule has 3 aliphatic rings. The van der Waals surface area contributed by atoms with Gasteiger partial charge in [-0.25, -0.2) is 9.97 Å². The van der Waals surface area contributed by atoms with Crippen LogP contribution in [0.4, 0.5) is 11.6 Å². The van der Waals surface area contributed by atoms with Crippen molar-refractivity contribution in [2.24, 2.45) is 0 Å². The van der Waals surface area contributed by atoms with Crippen LogP contribution in [0.2, 0.25) is 5.28 Å². The van der Waals surface area contributed by atoms with E-state index in [1.54, 1.807) is 0 Å². The zero-order valence-corrected chi connectivity index (χ0v) is 17.4. The van der Waals surface area contributed by atoms with E-state index in [0.29, 0.717) is 6.54 Å². The molecule has 1 amide bonds. The van der Waals surface area contributed by atoms with Gasteiger partial charge in [0.1, 0.15) is 11.6 Å². The second kappa shape index (κ2) is 6.54. The predicted octanol–water partition coefficient (Wildman–Crippen LogP) is 3.30. The highest BCUT2D eigenvalue weighted by molar-refractivity contribution is 6.28. The molecule has 2 aliphatic heterocycles. The van der Waals surface area contributed by atoms with Gasteiger partial charge in [0.25, 0.3) is 5.91 Å². The lowest BCUT2D eigenvalue weighted by molar-refractivity contribution is 0.0945. The monoisotopic (exact) mass is 420 g/mol. The molecule has 0 unspecified atom stereocenters. The maximum Gasteiger partial charge on any atom is 0.253 e. The number of aromatic nitrogens is 4. The molecule has 0 saturated carbocycles. The lowest BCUT2D eigenvalue weighted by atomic mass is 9.86. The third kappa shape index (κ3) is 2.51. The molecular formula is C22H21ClN6O. The van der Waals surface area contributed by atoms with Crippen LogP contribution < -0.4 is 10.2 Å². The van der Waals surface area contributed by atoms with E-state index in [1.807, 2.05) is 12.4 Å². The fourth-order valence-corrected chi connectivity index (χ4v) is 5.29. The van der Waals surface area contributed by atoms with E-state index in [2.05, 4.69) is 32.1 Å². The third-order valence-electron chi connectivity index (χ3n) is 6.49. The van der Waals surface area contributed by atoms with Gasteiger partial charge < -0.3 is 15.2 Å². The van der Waals surface area contributed by atoms with Crippen LogP contribution in [0.25, 0.3) is 11.3 Å². The molecule has 30 heavy (non-hydrogen) atoms. The molecule has 0 bridgehead atoms. The Hall–Kier alpha value is -2.93. The molecule has 0 spiro atoms. The van der Waals surface area contributed by atoms with Gasteiger partial charge in [-0.3, -0.25) is 4.79 Å². The van der Waals surface area contributed by atoms with E-state index in [-0.39, 0.29) is 11.2 Å². The molecule has 2 N–H and O–H groups in total. The van der Waals surface area contributed by atoms with Crippen LogP contribution in [0.15, 0.2) is 12.4 Å². The Morgan fingerprint density at radius 1 is 1.03 bits per heavy atom. The second-order valence-electron chi connectivity index (χ2n) is 8.19. The van der Waals surface area contributed by atoms with Crippen molar-refractivity contribution in [2.75, 3.05) is 18.0 Å². The van der Waals surface area contributed by atoms with Crippen molar-refractivity contribution in [3.8, 4) is 11.3 Å². The van der Waals surface area contributed by atoms with Crippen LogP contribution in [-0.4, -0.2) is 38.9 Å². The standard InChI is InChI=1S/C22H21ClN6O/c1-11-16-12(4-5-14-17-15(27-18(14)16)6-7-24-21(17)30)9-25-19(11)29-8-2-3-13-10-26-22(23)28-20(13)29/h9-10,27H,2-8H2,1H3,(H,24,30). The molecule has 1 aliphatic carbocycles. The Kier molecular flexibility index (Phi) is 3.90. The summed E-state index contributed by atoms with van der Waals surface area (Å²) < 4.78 is 0. The number of aryl methyl sites for hydroxylation is 2. The Morgan fingerprint density at radius 3 is 2.80 bits per heavy atom. The zero-order chi connectivity index (χ0) is 20.4. The number of nitrogens with zero attached hydrogens (tertiary/aromatic N) is 4. The maximum absolute atomic E-state index is 12.5. The average Bonchev–Trinajstić information content (AvgIpc) is 3.13. The number of aromatic amines is 1. The summed E-state index contributed by atoms with van der Waals surface area (Å²) in [6, 6.07) is 0. The van der Waals surface area contributed by atoms with Crippen LogP contribution in [0, 0.1) is 6.92 Å². The molecule has 8 heteroatoms. The number of anilines is 2. The number of halogens is 1. The number of rotatable bonds is 1. The highest BCUT2D eigenvalue weighted by Crippen LogP contribution is 2.42. The Morgan fingerprint density at radius 2 is 1.90 bits per heavy atom. The van der Waals surface area contributed by atoms with Gasteiger partial charge in [0.2, 0.25) is 5.28 Å². The summed E-state index contributed by atoms with van der Waals surface area (Å²) in [5, 5.41) is 3.24. The molecule has 5 heterocycles. The maximum atomic E-state index is 12.5. The number of H-pyrrole nitrogens is 1. The fraction of sp³-hybridized carbons (Fsp3) is 0.364. The first-order valence-corrected chi connectivity index (χ1v) is 10.8. The Bertz CT molecular complexity index is 1220. The van der Waals surface area contributed by atoms with E-state index in [4.69, 9.17) is 16.6 Å². The van der Waals surface area contributed by atoms with Crippen LogP contribution in [0.3, 0.4) is 0 Å². The SMILES string of the molecule is Cc1c(N2CCCc3cnc(Cl)nc32)ncc2c1-c1[nH]c3c(c1CC2)C(=O)NCC3. The smallest absolute Gasteiger partial charge is 0.253 e. The van der Waals surface area contributed by atoms with E-state index in [0.717, 1.165) is 83.9 Å². The minimum absolute atomic E-state index is 0.0421. The van der Waals surface area contributed by atoms with E-state index in [9.17, 15) is 4.79 Å². The van der Waals surface area contributed by atoms with Gasteiger partial charge >= 0.3 is 0 Å². The summed E-state index contributed by atoms with van der Waals surface area (Å²) in [5.74, 6) is 1.78. The number of amides is 1. The molecule has 6 rings (SSSR count). The van der Waals surface area contributed by atoms with Gasteiger partial charge in [-0.05, 0) is 55.3 Å². The first-order valence-electron chi connectivity index (χ1n) is 10.4. The molecule has 152 valence electrons. The summed E-state index contributed by atoms with van der Waals surface area (Å²) in [7, 11) is 0. The first kappa shape index (κ1) is 17.9. The molecule has 0 aromatic carbocycles. The van der Waals surface area contributed by atoms with Gasteiger partial charge in [-0.1, -0.05) is 0 Å². The predicted molar refractivity (Wildman–Crippen MR) is 115 cm³/mol. The van der Waals surface area contributed by atoms with Crippen LogP contribution in [-0.2, 0) is 25.7 Å². The number of hydrogen-bond acceptors (Lipinski definition) is 5. The molecule has 3 aromatic rings. The van der Waals surface area contributed by atoms with E-state index in [1.165, 1.54) is 11.1 Å². The molecule has 0 radical (unpaired) electrons. The summed E-state index contributed by atoms with van der Waals surface area (Å²) >= 11 is 6.11. The van der Waals surface area contributed by atoms with Crippen LogP contribution >= 0.6 is 11.6 Å². The number of carbonyl (C=O) groups is 1. The van der Waals surface area contributed by atoms with E-state index < -0.39 is 0 Å². The van der Waals surface area contributed by atoms with E-state index >= 15 is 0 Å². The minimum Gasteiger partial charge on any atom is -0.357 e. The Labute approximate surface area is 178 Å². The highest BCUT2D eigenvalue weighted by atomic mass is 35.5. The van der Waals surface area contributed by atoms with Gasteiger partial charge in [0.15, 0.2) is 0 Å². The van der Waals surface area contributed by atoms with Crippen molar-refractivity contribution >= 4 is 29.1 Å². The molecule has 0 saturated heterocycles. The van der Waals surface area contributed by atoms with Crippen molar-refractivity contribution in [1.82, 2.24) is 25.3 Å². The topological polar surface area (TPSA) is 86.8 Å². The van der Waals surface area contributed by atoms with Gasteiger partial charge in [-0.15, -0.1) is 0 Å². The molecule has 3 aromatic heterocycles. The van der Waals surface area contributed by atoms with Crippen molar-refractivity contribution in [2.45, 2.75) is 39.0 Å². The molecule has 0 fully saturated rings. The number of carbonyl (C=O) groups excluding carboxylic acids is 1. The average molecular weight is 421 g/mol. The third-order valence-corrected chi connectivity index (χ3v) is 6.67. The minimum atomic E-state index is 0.0421.